The summed E-state index contributed by atoms with van der Waals surface area (Å²) in [6.07, 6.45) is -15.4. The smallest absolute Gasteiger partial charge is 0.336 e. The van der Waals surface area contributed by atoms with Gasteiger partial charge in [-0.15, -0.1) is 0 Å². The Balaban J connectivity index is 1.67. The van der Waals surface area contributed by atoms with Gasteiger partial charge in [-0.3, -0.25) is 9.69 Å². The number of sulfone groups is 1. The molecule has 6 nitrogen and oxygen atoms in total. The van der Waals surface area contributed by atoms with E-state index >= 15 is 0 Å². The average molecular weight is 654 g/mol. The minimum Gasteiger partial charge on any atom is -0.336 e. The van der Waals surface area contributed by atoms with E-state index in [1.165, 1.54) is 9.80 Å². The third kappa shape index (κ3) is 4.65. The second-order valence-corrected chi connectivity index (χ2v) is 13.4. The number of rotatable bonds is 5. The van der Waals surface area contributed by atoms with Crippen LogP contribution in [-0.4, -0.2) is 74.4 Å². The van der Waals surface area contributed by atoms with Crippen LogP contribution in [0.4, 0.5) is 39.5 Å². The summed E-state index contributed by atoms with van der Waals surface area (Å²) in [7, 11) is -4.66. The van der Waals surface area contributed by atoms with Gasteiger partial charge >= 0.3 is 18.0 Å². The molecular weight excluding hydrogens is 629 g/mol. The molecular formula is C28H24F9N3O3S. The third-order valence-corrected chi connectivity index (χ3v) is 11.4. The first-order valence-corrected chi connectivity index (χ1v) is 14.9. The van der Waals surface area contributed by atoms with E-state index in [1.807, 2.05) is 6.07 Å². The molecule has 2 aromatic rings. The van der Waals surface area contributed by atoms with Crippen LogP contribution in [0.3, 0.4) is 0 Å². The number of carbonyl (C=O) groups excluding carboxylic acids is 1. The molecule has 4 atom stereocenters. The molecule has 16 heteroatoms. The largest absolute Gasteiger partial charge is 0.435 e. The number of hydrogen-bond donors (Lipinski definition) is 0. The Morgan fingerprint density at radius 1 is 1.02 bits per heavy atom. The van der Waals surface area contributed by atoms with Gasteiger partial charge in [0.2, 0.25) is 5.91 Å². The zero-order valence-corrected chi connectivity index (χ0v) is 23.4. The van der Waals surface area contributed by atoms with E-state index in [4.69, 9.17) is 5.26 Å². The molecule has 1 amide bonds. The fourth-order valence-electron chi connectivity index (χ4n) is 6.88. The number of nitrogens with zero attached hydrogens (tertiary/aromatic N) is 3. The van der Waals surface area contributed by atoms with Gasteiger partial charge in [0.1, 0.15) is 16.7 Å². The van der Waals surface area contributed by atoms with Crippen LogP contribution in [0.25, 0.3) is 0 Å². The van der Waals surface area contributed by atoms with Gasteiger partial charge < -0.3 is 4.90 Å². The molecule has 0 unspecified atom stereocenters. The van der Waals surface area contributed by atoms with Crippen LogP contribution in [-0.2, 0) is 31.5 Å². The van der Waals surface area contributed by atoms with E-state index < -0.39 is 73.0 Å². The summed E-state index contributed by atoms with van der Waals surface area (Å²) in [6.45, 7) is -0.739. The summed E-state index contributed by atoms with van der Waals surface area (Å²) >= 11 is 0. The summed E-state index contributed by atoms with van der Waals surface area (Å²) in [5.74, 6) is -1.47. The minimum absolute atomic E-state index is 0.212. The Morgan fingerprint density at radius 2 is 1.66 bits per heavy atom. The van der Waals surface area contributed by atoms with E-state index in [1.54, 1.807) is 0 Å². The SMILES string of the molecule is N#CCN1C[C@@H](F)C[C@H]1C(=O)N1CC[C@@]2(S(=O)(=O)c3ccc(F)cc3)c3ccc(C(F)(C(F)(F)F)C(F)(F)F)cc3CC[C@@H]12. The maximum atomic E-state index is 15.0. The standard InChI is InChI=1S/C28H24F9N3O3S/c29-18-3-5-20(6-4-18)44(42,43)25-9-11-40(24(41)22-14-19(30)15-39(22)12-10-38)23(25)8-1-16-13-17(2-7-21(16)25)26(31,27(32,33)34)28(35,36)37/h2-7,13,19,22-23H,1,8-9,11-12,14-15H2/t19-,22-,23+,25+/m0/s1. The Bertz CT molecular complexity index is 1590. The second-order valence-electron chi connectivity index (χ2n) is 11.1. The van der Waals surface area contributed by atoms with Crippen LogP contribution in [0.2, 0.25) is 0 Å². The molecule has 1 aliphatic carbocycles. The fourth-order valence-corrected chi connectivity index (χ4v) is 9.25. The lowest BCUT2D eigenvalue weighted by atomic mass is 9.76. The van der Waals surface area contributed by atoms with Gasteiger partial charge in [-0.1, -0.05) is 18.2 Å². The quantitative estimate of drug-likeness (QED) is 0.250. The number of carbonyl (C=O) groups is 1. The van der Waals surface area contributed by atoms with Crippen molar-refractivity contribution in [2.45, 2.75) is 71.6 Å². The molecule has 0 radical (unpaired) electrons. The maximum absolute atomic E-state index is 15.0. The Morgan fingerprint density at radius 3 is 2.25 bits per heavy atom. The van der Waals surface area contributed by atoms with Crippen LogP contribution >= 0.6 is 0 Å². The zero-order valence-electron chi connectivity index (χ0n) is 22.6. The minimum atomic E-state index is -6.39. The van der Waals surface area contributed by atoms with Crippen molar-refractivity contribution in [3.05, 3.63) is 65.0 Å². The van der Waals surface area contributed by atoms with E-state index in [-0.39, 0.29) is 62.5 Å². The number of amides is 1. The summed E-state index contributed by atoms with van der Waals surface area (Å²) in [5.41, 5.74) is -8.03. The molecule has 3 aliphatic rings. The van der Waals surface area contributed by atoms with Gasteiger partial charge in [-0.25, -0.2) is 21.6 Å². The molecule has 2 aliphatic heterocycles. The van der Waals surface area contributed by atoms with Gasteiger partial charge in [-0.2, -0.15) is 31.6 Å². The number of fused-ring (bicyclic) bond motifs is 3. The summed E-state index contributed by atoms with van der Waals surface area (Å²) in [5, 5.41) is 9.14. The van der Waals surface area contributed by atoms with Crippen molar-refractivity contribution in [1.29, 1.82) is 5.26 Å². The van der Waals surface area contributed by atoms with E-state index in [0.717, 1.165) is 24.3 Å². The number of alkyl halides is 8. The zero-order chi connectivity index (χ0) is 32.5. The molecule has 0 spiro atoms. The molecule has 2 fully saturated rings. The molecule has 44 heavy (non-hydrogen) atoms. The number of hydrogen-bond acceptors (Lipinski definition) is 5. The topological polar surface area (TPSA) is 81.5 Å². The van der Waals surface area contributed by atoms with Crippen molar-refractivity contribution in [2.24, 2.45) is 0 Å². The number of halogens is 9. The number of likely N-dealkylation sites (tertiary alicyclic amines) is 2. The molecule has 2 saturated heterocycles. The predicted molar refractivity (Wildman–Crippen MR) is 136 cm³/mol. The van der Waals surface area contributed by atoms with E-state index in [2.05, 4.69) is 0 Å². The molecule has 0 N–H and O–H groups in total. The molecule has 5 rings (SSSR count). The lowest BCUT2D eigenvalue weighted by Gasteiger charge is -2.43. The van der Waals surface area contributed by atoms with Gasteiger partial charge in [-0.05, 0) is 54.7 Å². The van der Waals surface area contributed by atoms with Gasteiger partial charge in [0.15, 0.2) is 9.84 Å². The summed E-state index contributed by atoms with van der Waals surface area (Å²) in [6, 6.07) is 4.44. The highest BCUT2D eigenvalue weighted by molar-refractivity contribution is 7.92. The third-order valence-electron chi connectivity index (χ3n) is 8.86. The van der Waals surface area contributed by atoms with Crippen LogP contribution in [0.5, 0.6) is 0 Å². The van der Waals surface area contributed by atoms with Gasteiger partial charge in [0, 0.05) is 25.1 Å². The van der Waals surface area contributed by atoms with Crippen molar-refractivity contribution < 1.29 is 52.7 Å². The lowest BCUT2D eigenvalue weighted by molar-refractivity contribution is -0.348. The monoisotopic (exact) mass is 653 g/mol. The van der Waals surface area contributed by atoms with Crippen LogP contribution in [0, 0.1) is 17.1 Å². The lowest BCUT2D eigenvalue weighted by Crippen LogP contribution is -2.55. The highest BCUT2D eigenvalue weighted by atomic mass is 32.2. The van der Waals surface area contributed by atoms with Crippen molar-refractivity contribution in [3.8, 4) is 6.07 Å². The van der Waals surface area contributed by atoms with Crippen molar-refractivity contribution in [3.63, 3.8) is 0 Å². The van der Waals surface area contributed by atoms with Crippen LogP contribution < -0.4 is 0 Å². The van der Waals surface area contributed by atoms with Crippen molar-refractivity contribution >= 4 is 15.7 Å². The van der Waals surface area contributed by atoms with Crippen LogP contribution in [0.15, 0.2) is 47.4 Å². The number of benzene rings is 2. The first-order valence-electron chi connectivity index (χ1n) is 13.4. The first-order chi connectivity index (χ1) is 20.4. The molecule has 0 bridgehead atoms. The molecule has 2 heterocycles. The van der Waals surface area contributed by atoms with E-state index in [9.17, 15) is 52.7 Å². The normalized spacial score (nSPS) is 26.3. The molecule has 0 aromatic heterocycles. The summed E-state index contributed by atoms with van der Waals surface area (Å²) in [4.78, 5) is 15.9. The highest BCUT2D eigenvalue weighted by Crippen LogP contribution is 2.57. The first kappa shape index (κ1) is 32.1. The van der Waals surface area contributed by atoms with Gasteiger partial charge in [0.05, 0.1) is 29.6 Å². The van der Waals surface area contributed by atoms with Crippen molar-refractivity contribution in [2.75, 3.05) is 19.6 Å². The number of nitriles is 1. The van der Waals surface area contributed by atoms with Gasteiger partial charge in [0.25, 0.3) is 0 Å². The molecule has 0 saturated carbocycles. The maximum Gasteiger partial charge on any atom is 0.435 e. The molecule has 238 valence electrons. The molecule has 2 aromatic carbocycles. The second kappa shape index (κ2) is 10.6. The predicted octanol–water partition coefficient (Wildman–Crippen LogP) is 5.27. The Kier molecular flexibility index (Phi) is 7.76. The number of aryl methyl sites for hydroxylation is 1. The Labute approximate surface area is 245 Å². The Hall–Kier alpha value is -3.32. The van der Waals surface area contributed by atoms with E-state index in [0.29, 0.717) is 12.1 Å². The fraction of sp³-hybridized carbons (Fsp3) is 0.500. The van der Waals surface area contributed by atoms with Crippen LogP contribution in [0.1, 0.15) is 36.0 Å². The van der Waals surface area contributed by atoms with Crippen molar-refractivity contribution in [1.82, 2.24) is 9.80 Å². The highest BCUT2D eigenvalue weighted by Gasteiger charge is 2.74. The summed E-state index contributed by atoms with van der Waals surface area (Å²) < 4.78 is 151. The average Bonchev–Trinajstić information content (AvgIpc) is 3.52.